The molecule has 0 radical (unpaired) electrons. The van der Waals surface area contributed by atoms with Gasteiger partial charge in [0.25, 0.3) is 0 Å². The monoisotopic (exact) mass is 360 g/mol. The van der Waals surface area contributed by atoms with Crippen molar-refractivity contribution in [1.82, 2.24) is 14.9 Å². The summed E-state index contributed by atoms with van der Waals surface area (Å²) in [4.78, 5) is 6.82. The van der Waals surface area contributed by atoms with E-state index in [0.29, 0.717) is 6.73 Å². The fourth-order valence-corrected chi connectivity index (χ4v) is 3.24. The van der Waals surface area contributed by atoms with Crippen LogP contribution in [0.2, 0.25) is 25.7 Å². The molecule has 0 atom stereocenters. The maximum atomic E-state index is 5.85. The van der Waals surface area contributed by atoms with Crippen LogP contribution < -0.4 is 10.2 Å². The Morgan fingerprint density at radius 2 is 2.05 bits per heavy atom. The van der Waals surface area contributed by atoms with Crippen molar-refractivity contribution in [3.05, 3.63) is 10.8 Å². The molecule has 7 heteroatoms. The molecule has 0 bridgehead atoms. The van der Waals surface area contributed by atoms with E-state index in [0.717, 1.165) is 43.3 Å². The molecule has 20 heavy (non-hydrogen) atoms. The van der Waals surface area contributed by atoms with Gasteiger partial charge in [0.05, 0.1) is 6.20 Å². The number of halogens is 1. The molecule has 0 unspecified atom stereocenters. The van der Waals surface area contributed by atoms with E-state index in [2.05, 4.69) is 55.3 Å². The minimum atomic E-state index is -1.02. The molecule has 0 saturated carbocycles. The van der Waals surface area contributed by atoms with Crippen molar-refractivity contribution in [3.8, 4) is 0 Å². The zero-order valence-electron chi connectivity index (χ0n) is 12.7. The zero-order chi connectivity index (χ0) is 14.6. The first-order valence-corrected chi connectivity index (χ1v) is 11.7. The first-order chi connectivity index (χ1) is 9.47. The Morgan fingerprint density at radius 1 is 1.35 bits per heavy atom. The lowest BCUT2D eigenvalue weighted by Crippen LogP contribution is -2.44. The number of hydrogen-bond acceptors (Lipinski definition) is 4. The summed E-state index contributed by atoms with van der Waals surface area (Å²) in [5, 5.41) is 3.36. The molecule has 1 aliphatic rings. The fourth-order valence-electron chi connectivity index (χ4n) is 2.12. The van der Waals surface area contributed by atoms with Gasteiger partial charge in [-0.05, 0) is 22.0 Å². The van der Waals surface area contributed by atoms with Crippen LogP contribution in [-0.4, -0.2) is 50.4 Å². The van der Waals surface area contributed by atoms with Crippen LogP contribution >= 0.6 is 15.9 Å². The van der Waals surface area contributed by atoms with Crippen molar-refractivity contribution in [2.24, 2.45) is 0 Å². The summed E-state index contributed by atoms with van der Waals surface area (Å²) in [5.74, 6) is 1.01. The van der Waals surface area contributed by atoms with Crippen LogP contribution in [0, 0.1) is 0 Å². The van der Waals surface area contributed by atoms with Crippen molar-refractivity contribution < 1.29 is 4.74 Å². The van der Waals surface area contributed by atoms with E-state index in [1.165, 1.54) is 6.04 Å². The van der Waals surface area contributed by atoms with Crippen LogP contribution in [0.25, 0.3) is 0 Å². The number of nitrogens with one attached hydrogen (secondary N) is 1. The molecule has 1 saturated heterocycles. The van der Waals surface area contributed by atoms with E-state index in [1.807, 2.05) is 6.20 Å². The van der Waals surface area contributed by atoms with Gasteiger partial charge in [0.15, 0.2) is 0 Å². The Hall–Kier alpha value is -0.373. The van der Waals surface area contributed by atoms with Crippen molar-refractivity contribution in [2.75, 3.05) is 37.7 Å². The first-order valence-electron chi connectivity index (χ1n) is 7.22. The van der Waals surface area contributed by atoms with Crippen molar-refractivity contribution in [3.63, 3.8) is 0 Å². The minimum Gasteiger partial charge on any atom is -0.361 e. The molecule has 0 amide bonds. The maximum absolute atomic E-state index is 5.85. The van der Waals surface area contributed by atoms with Crippen LogP contribution in [0.1, 0.15) is 0 Å². The molecule has 1 aromatic rings. The molecule has 114 valence electrons. The largest absolute Gasteiger partial charge is 0.361 e. The summed E-state index contributed by atoms with van der Waals surface area (Å²) < 4.78 is 8.94. The number of anilines is 1. The van der Waals surface area contributed by atoms with Crippen LogP contribution in [0.15, 0.2) is 10.8 Å². The second-order valence-electron chi connectivity index (χ2n) is 6.39. The quantitative estimate of drug-likeness (QED) is 0.624. The van der Waals surface area contributed by atoms with E-state index < -0.39 is 8.07 Å². The summed E-state index contributed by atoms with van der Waals surface area (Å²) in [5.41, 5.74) is 0. The molecule has 0 aromatic carbocycles. The highest BCUT2D eigenvalue weighted by atomic mass is 79.9. The van der Waals surface area contributed by atoms with Gasteiger partial charge >= 0.3 is 0 Å². The number of ether oxygens (including phenoxy) is 1. The lowest BCUT2D eigenvalue weighted by atomic mass is 10.4. The average molecular weight is 361 g/mol. The zero-order valence-corrected chi connectivity index (χ0v) is 15.2. The topological polar surface area (TPSA) is 42.3 Å². The molecular formula is C13H25BrN4OSi. The van der Waals surface area contributed by atoms with Crippen molar-refractivity contribution in [2.45, 2.75) is 32.4 Å². The Morgan fingerprint density at radius 3 is 2.70 bits per heavy atom. The van der Waals surface area contributed by atoms with Crippen LogP contribution in [0.3, 0.4) is 0 Å². The standard InChI is InChI=1S/C13H25BrN4OSi/c1-20(2,3)9-8-19-11-18-12(14)10-16-13(18)17-6-4-15-5-7-17/h10,15H,4-9,11H2,1-3H3. The predicted molar refractivity (Wildman–Crippen MR) is 89.1 cm³/mol. The van der Waals surface area contributed by atoms with E-state index in [1.54, 1.807) is 0 Å². The van der Waals surface area contributed by atoms with Gasteiger partial charge < -0.3 is 15.0 Å². The Labute approximate surface area is 130 Å². The number of hydrogen-bond donors (Lipinski definition) is 1. The Balaban J connectivity index is 1.91. The maximum Gasteiger partial charge on any atom is 0.208 e. The van der Waals surface area contributed by atoms with Gasteiger partial charge in [-0.15, -0.1) is 0 Å². The lowest BCUT2D eigenvalue weighted by molar-refractivity contribution is 0.0865. The Bertz CT molecular complexity index is 426. The second-order valence-corrected chi connectivity index (χ2v) is 12.8. The van der Waals surface area contributed by atoms with Gasteiger partial charge in [0.2, 0.25) is 5.95 Å². The lowest BCUT2D eigenvalue weighted by Gasteiger charge is -2.29. The number of piperazine rings is 1. The van der Waals surface area contributed by atoms with Gasteiger partial charge in [-0.2, -0.15) is 0 Å². The molecule has 1 fully saturated rings. The third-order valence-corrected chi connectivity index (χ3v) is 5.74. The number of aromatic nitrogens is 2. The molecule has 1 aliphatic heterocycles. The molecule has 1 N–H and O–H groups in total. The fraction of sp³-hybridized carbons (Fsp3) is 0.769. The minimum absolute atomic E-state index is 0.574. The summed E-state index contributed by atoms with van der Waals surface area (Å²) in [6, 6.07) is 1.20. The van der Waals surface area contributed by atoms with E-state index in [9.17, 15) is 0 Å². The van der Waals surface area contributed by atoms with Gasteiger partial charge in [-0.25, -0.2) is 4.98 Å². The van der Waals surface area contributed by atoms with Gasteiger partial charge in [0, 0.05) is 40.9 Å². The van der Waals surface area contributed by atoms with Gasteiger partial charge in [-0.1, -0.05) is 19.6 Å². The first kappa shape index (κ1) is 16.0. The summed E-state index contributed by atoms with van der Waals surface area (Å²) >= 11 is 3.56. The second kappa shape index (κ2) is 7.06. The van der Waals surface area contributed by atoms with E-state index >= 15 is 0 Å². The number of imidazole rings is 1. The van der Waals surface area contributed by atoms with Crippen LogP contribution in [0.5, 0.6) is 0 Å². The van der Waals surface area contributed by atoms with Crippen molar-refractivity contribution >= 4 is 30.0 Å². The molecule has 5 nitrogen and oxygen atoms in total. The normalized spacial score (nSPS) is 16.7. The SMILES string of the molecule is C[Si](C)(C)CCOCn1c(Br)cnc1N1CCNCC1. The van der Waals surface area contributed by atoms with Crippen molar-refractivity contribution in [1.29, 1.82) is 0 Å². The summed E-state index contributed by atoms with van der Waals surface area (Å²) in [7, 11) is -1.02. The predicted octanol–water partition coefficient (Wildman–Crippen LogP) is 2.37. The molecule has 2 heterocycles. The number of nitrogens with zero attached hydrogens (tertiary/aromatic N) is 3. The van der Waals surface area contributed by atoms with E-state index in [-0.39, 0.29) is 0 Å². The smallest absolute Gasteiger partial charge is 0.208 e. The molecule has 2 rings (SSSR count). The molecule has 1 aromatic heterocycles. The highest BCUT2D eigenvalue weighted by Gasteiger charge is 2.18. The molecular weight excluding hydrogens is 336 g/mol. The van der Waals surface area contributed by atoms with Gasteiger partial charge in [0.1, 0.15) is 11.3 Å². The van der Waals surface area contributed by atoms with Crippen LogP contribution in [-0.2, 0) is 11.5 Å². The third-order valence-electron chi connectivity index (χ3n) is 3.40. The number of rotatable bonds is 6. The highest BCUT2D eigenvalue weighted by Crippen LogP contribution is 2.21. The average Bonchev–Trinajstić information content (AvgIpc) is 2.76. The summed E-state index contributed by atoms with van der Waals surface area (Å²) in [6.07, 6.45) is 1.86. The molecule has 0 aliphatic carbocycles. The summed E-state index contributed by atoms with van der Waals surface area (Å²) in [6.45, 7) is 12.5. The third kappa shape index (κ3) is 4.58. The highest BCUT2D eigenvalue weighted by molar-refractivity contribution is 9.10. The van der Waals surface area contributed by atoms with Crippen LogP contribution in [0.4, 0.5) is 5.95 Å². The Kier molecular flexibility index (Phi) is 5.65. The van der Waals surface area contributed by atoms with Gasteiger partial charge in [-0.3, -0.25) is 4.57 Å². The van der Waals surface area contributed by atoms with E-state index in [4.69, 9.17) is 4.74 Å². The molecule has 0 spiro atoms.